The van der Waals surface area contributed by atoms with E-state index in [0.717, 1.165) is 35.6 Å². The highest BCUT2D eigenvalue weighted by atomic mass is 16.3. The standard InChI is InChI=1S/C27H26N4O3/c32-26(22(17-19-7-2-1-3-8-19)30-27(33)24-9-6-16-34-24)28-21-13-11-20(12-14-21)23-18-31-15-5-4-10-25(31)29-23/h1-3,6-9,11-14,16,18,22H,4-5,10,15,17H2,(H,28,32)(H,30,33). The van der Waals surface area contributed by atoms with Crippen LogP contribution in [0.3, 0.4) is 0 Å². The zero-order valence-electron chi connectivity index (χ0n) is 18.7. The number of anilines is 1. The number of aryl methyl sites for hydroxylation is 2. The zero-order chi connectivity index (χ0) is 23.3. The molecule has 0 aliphatic carbocycles. The number of benzene rings is 2. The van der Waals surface area contributed by atoms with Gasteiger partial charge in [0.05, 0.1) is 12.0 Å². The number of furan rings is 1. The number of carbonyl (C=O) groups is 2. The molecule has 0 fully saturated rings. The number of rotatable bonds is 7. The molecule has 34 heavy (non-hydrogen) atoms. The fraction of sp³-hybridized carbons (Fsp3) is 0.222. The fourth-order valence-electron chi connectivity index (χ4n) is 4.20. The van der Waals surface area contributed by atoms with Crippen LogP contribution < -0.4 is 10.6 Å². The number of nitrogens with one attached hydrogen (secondary N) is 2. The third-order valence-electron chi connectivity index (χ3n) is 6.01. The van der Waals surface area contributed by atoms with E-state index < -0.39 is 11.9 Å². The number of aromatic nitrogens is 2. The summed E-state index contributed by atoms with van der Waals surface area (Å²) >= 11 is 0. The van der Waals surface area contributed by atoms with Crippen LogP contribution >= 0.6 is 0 Å². The van der Waals surface area contributed by atoms with E-state index in [1.54, 1.807) is 12.1 Å². The second kappa shape index (κ2) is 9.79. The van der Waals surface area contributed by atoms with E-state index in [0.29, 0.717) is 12.1 Å². The smallest absolute Gasteiger partial charge is 0.287 e. The minimum Gasteiger partial charge on any atom is -0.459 e. The van der Waals surface area contributed by atoms with Crippen LogP contribution in [0.5, 0.6) is 0 Å². The van der Waals surface area contributed by atoms with Crippen LogP contribution in [0.25, 0.3) is 11.3 Å². The van der Waals surface area contributed by atoms with Gasteiger partial charge in [-0.2, -0.15) is 0 Å². The summed E-state index contributed by atoms with van der Waals surface area (Å²) < 4.78 is 7.40. The number of nitrogens with zero attached hydrogens (tertiary/aromatic N) is 2. The van der Waals surface area contributed by atoms with E-state index in [4.69, 9.17) is 9.40 Å². The lowest BCUT2D eigenvalue weighted by Crippen LogP contribution is -2.45. The lowest BCUT2D eigenvalue weighted by molar-refractivity contribution is -0.118. The van der Waals surface area contributed by atoms with Crippen molar-refractivity contribution in [2.75, 3.05) is 5.32 Å². The molecule has 2 aromatic heterocycles. The number of imidazole rings is 1. The molecule has 0 saturated carbocycles. The Hall–Kier alpha value is -4.13. The number of amides is 2. The van der Waals surface area contributed by atoms with Crippen LogP contribution in [0.4, 0.5) is 5.69 Å². The Balaban J connectivity index is 1.30. The molecule has 0 spiro atoms. The highest BCUT2D eigenvalue weighted by Gasteiger charge is 2.23. The summed E-state index contributed by atoms with van der Waals surface area (Å²) in [5.41, 5.74) is 3.55. The first-order valence-corrected chi connectivity index (χ1v) is 11.5. The molecule has 172 valence electrons. The summed E-state index contributed by atoms with van der Waals surface area (Å²) in [6.45, 7) is 1.02. The quantitative estimate of drug-likeness (QED) is 0.432. The summed E-state index contributed by atoms with van der Waals surface area (Å²) in [5.74, 6) is 0.571. The fourth-order valence-corrected chi connectivity index (χ4v) is 4.20. The van der Waals surface area contributed by atoms with E-state index >= 15 is 0 Å². The second-order valence-electron chi connectivity index (χ2n) is 8.45. The molecule has 4 aromatic rings. The molecule has 1 aliphatic heterocycles. The molecule has 5 rings (SSSR count). The van der Waals surface area contributed by atoms with E-state index in [2.05, 4.69) is 21.4 Å². The van der Waals surface area contributed by atoms with E-state index in [1.165, 1.54) is 19.1 Å². The van der Waals surface area contributed by atoms with Crippen molar-refractivity contribution in [1.82, 2.24) is 14.9 Å². The molecular formula is C27H26N4O3. The first kappa shape index (κ1) is 21.7. The third kappa shape index (κ3) is 4.93. The van der Waals surface area contributed by atoms with Gasteiger partial charge >= 0.3 is 0 Å². The van der Waals surface area contributed by atoms with Gasteiger partial charge < -0.3 is 19.6 Å². The van der Waals surface area contributed by atoms with Crippen LogP contribution in [0, 0.1) is 0 Å². The van der Waals surface area contributed by atoms with Crippen molar-refractivity contribution in [1.29, 1.82) is 0 Å². The number of fused-ring (bicyclic) bond motifs is 1. The van der Waals surface area contributed by atoms with Gasteiger partial charge in [-0.15, -0.1) is 0 Å². The molecule has 0 saturated heterocycles. The van der Waals surface area contributed by atoms with Crippen LogP contribution in [0.2, 0.25) is 0 Å². The molecule has 3 heterocycles. The van der Waals surface area contributed by atoms with Crippen molar-refractivity contribution >= 4 is 17.5 Å². The van der Waals surface area contributed by atoms with Crippen molar-refractivity contribution in [3.8, 4) is 11.3 Å². The molecule has 2 N–H and O–H groups in total. The SMILES string of the molecule is O=C(NC(Cc1ccccc1)C(=O)Nc1ccc(-c2cn3c(n2)CCCC3)cc1)c1ccco1. The summed E-state index contributed by atoms with van der Waals surface area (Å²) in [6, 6.07) is 19.7. The number of hydrogen-bond acceptors (Lipinski definition) is 4. The van der Waals surface area contributed by atoms with Gasteiger partial charge in [0.2, 0.25) is 5.91 Å². The average molecular weight is 455 g/mol. The Morgan fingerprint density at radius 1 is 1.00 bits per heavy atom. The van der Waals surface area contributed by atoms with E-state index in [-0.39, 0.29) is 11.7 Å². The largest absolute Gasteiger partial charge is 0.459 e. The molecule has 1 unspecified atom stereocenters. The Bertz CT molecular complexity index is 1240. The Morgan fingerprint density at radius 3 is 2.56 bits per heavy atom. The predicted molar refractivity (Wildman–Crippen MR) is 129 cm³/mol. The Kier molecular flexibility index (Phi) is 6.25. The molecule has 1 atom stereocenters. The van der Waals surface area contributed by atoms with E-state index in [9.17, 15) is 9.59 Å². The van der Waals surface area contributed by atoms with Crippen molar-refractivity contribution in [3.63, 3.8) is 0 Å². The van der Waals surface area contributed by atoms with Crippen molar-refractivity contribution < 1.29 is 14.0 Å². The molecule has 2 aromatic carbocycles. The van der Waals surface area contributed by atoms with Gasteiger partial charge in [0, 0.05) is 36.8 Å². The lowest BCUT2D eigenvalue weighted by Gasteiger charge is -2.18. The first-order chi connectivity index (χ1) is 16.7. The highest BCUT2D eigenvalue weighted by Crippen LogP contribution is 2.24. The third-order valence-corrected chi connectivity index (χ3v) is 6.01. The van der Waals surface area contributed by atoms with Gasteiger partial charge in [0.1, 0.15) is 11.9 Å². The maximum absolute atomic E-state index is 13.1. The molecule has 7 heteroatoms. The summed E-state index contributed by atoms with van der Waals surface area (Å²) in [6.07, 6.45) is 7.27. The molecule has 1 aliphatic rings. The number of carbonyl (C=O) groups excluding carboxylic acids is 2. The summed E-state index contributed by atoms with van der Waals surface area (Å²) in [7, 11) is 0. The zero-order valence-corrected chi connectivity index (χ0v) is 18.7. The molecule has 7 nitrogen and oxygen atoms in total. The second-order valence-corrected chi connectivity index (χ2v) is 8.45. The summed E-state index contributed by atoms with van der Waals surface area (Å²) in [5, 5.41) is 5.73. The van der Waals surface area contributed by atoms with Gasteiger partial charge in [-0.1, -0.05) is 42.5 Å². The predicted octanol–water partition coefficient (Wildman–Crippen LogP) is 4.46. The summed E-state index contributed by atoms with van der Waals surface area (Å²) in [4.78, 5) is 30.5. The topological polar surface area (TPSA) is 89.2 Å². The maximum Gasteiger partial charge on any atom is 0.287 e. The van der Waals surface area contributed by atoms with Gasteiger partial charge in [-0.3, -0.25) is 9.59 Å². The highest BCUT2D eigenvalue weighted by molar-refractivity contribution is 6.00. The molecule has 2 amide bonds. The normalized spacial score (nSPS) is 13.6. The van der Waals surface area contributed by atoms with Crippen molar-refractivity contribution in [3.05, 3.63) is 96.3 Å². The average Bonchev–Trinajstić information content (AvgIpc) is 3.55. The van der Waals surface area contributed by atoms with Gasteiger partial charge in [-0.25, -0.2) is 4.98 Å². The minimum atomic E-state index is -0.764. The van der Waals surface area contributed by atoms with Crippen molar-refractivity contribution in [2.45, 2.75) is 38.3 Å². The van der Waals surface area contributed by atoms with Gasteiger partial charge in [0.15, 0.2) is 5.76 Å². The van der Waals surface area contributed by atoms with Crippen LogP contribution in [-0.2, 0) is 24.2 Å². The molecule has 0 radical (unpaired) electrons. The Labute approximate surface area is 197 Å². The lowest BCUT2D eigenvalue weighted by atomic mass is 10.0. The minimum absolute atomic E-state index is 0.165. The van der Waals surface area contributed by atoms with Crippen LogP contribution in [-0.4, -0.2) is 27.4 Å². The van der Waals surface area contributed by atoms with Gasteiger partial charge in [0.25, 0.3) is 5.91 Å². The number of hydrogen-bond donors (Lipinski definition) is 2. The van der Waals surface area contributed by atoms with Gasteiger partial charge in [-0.05, 0) is 42.7 Å². The maximum atomic E-state index is 13.1. The Morgan fingerprint density at radius 2 is 1.82 bits per heavy atom. The first-order valence-electron chi connectivity index (χ1n) is 11.5. The monoisotopic (exact) mass is 454 g/mol. The van der Waals surface area contributed by atoms with Crippen LogP contribution in [0.15, 0.2) is 83.6 Å². The van der Waals surface area contributed by atoms with Crippen LogP contribution in [0.1, 0.15) is 34.8 Å². The van der Waals surface area contributed by atoms with E-state index in [1.807, 2.05) is 54.6 Å². The molecule has 0 bridgehead atoms. The van der Waals surface area contributed by atoms with Crippen molar-refractivity contribution in [2.24, 2.45) is 0 Å². The molecular weight excluding hydrogens is 428 g/mol.